The first kappa shape index (κ1) is 25.8. The molecule has 2 amide bonds. The molecule has 2 aromatic carbocycles. The first-order valence-electron chi connectivity index (χ1n) is 10.4. The molecular formula is C23H17Cl2F3N4O4. The van der Waals surface area contributed by atoms with Gasteiger partial charge in [0.05, 0.1) is 35.3 Å². The van der Waals surface area contributed by atoms with Crippen molar-refractivity contribution in [2.45, 2.75) is 17.9 Å². The Morgan fingerprint density at radius 2 is 1.86 bits per heavy atom. The lowest BCUT2D eigenvalue weighted by atomic mass is 9.86. The number of nitrogens with zero attached hydrogens (tertiary/aromatic N) is 3. The first-order chi connectivity index (χ1) is 17.0. The number of anilines is 2. The number of alkyl halides is 2. The van der Waals surface area contributed by atoms with E-state index in [0.717, 1.165) is 35.5 Å². The van der Waals surface area contributed by atoms with Gasteiger partial charge in [0.15, 0.2) is 11.4 Å². The molecule has 1 aliphatic heterocycles. The molecule has 0 bridgehead atoms. The number of fused-ring (bicyclic) bond motifs is 1. The van der Waals surface area contributed by atoms with Crippen molar-refractivity contribution in [2.24, 2.45) is 0 Å². The van der Waals surface area contributed by atoms with Gasteiger partial charge < -0.3 is 20.4 Å². The van der Waals surface area contributed by atoms with Gasteiger partial charge in [-0.25, -0.2) is 23.1 Å². The summed E-state index contributed by atoms with van der Waals surface area (Å²) in [6, 6.07) is 6.94. The summed E-state index contributed by atoms with van der Waals surface area (Å²) in [5, 5.41) is 22.7. The summed E-state index contributed by atoms with van der Waals surface area (Å²) in [6.45, 7) is -1.82. The third-order valence-corrected chi connectivity index (χ3v) is 6.27. The Morgan fingerprint density at radius 1 is 1.11 bits per heavy atom. The van der Waals surface area contributed by atoms with Crippen LogP contribution in [0.4, 0.5) is 24.7 Å². The van der Waals surface area contributed by atoms with E-state index in [0.29, 0.717) is 0 Å². The second-order valence-corrected chi connectivity index (χ2v) is 8.80. The summed E-state index contributed by atoms with van der Waals surface area (Å²) in [7, 11) is 0. The SMILES string of the molecule is O=C(Nc1cnc(C(=O)N2CCC(F)(F)[C@](O)(CO)c3cc(Cl)ccc32)cn1)c1cc(F)ccc1Cl. The van der Waals surface area contributed by atoms with E-state index in [2.05, 4.69) is 15.3 Å². The Bertz CT molecular complexity index is 1340. The van der Waals surface area contributed by atoms with Crippen LogP contribution in [0.25, 0.3) is 0 Å². The van der Waals surface area contributed by atoms with Gasteiger partial charge in [0.25, 0.3) is 17.7 Å². The van der Waals surface area contributed by atoms with Crippen LogP contribution < -0.4 is 10.2 Å². The van der Waals surface area contributed by atoms with E-state index in [4.69, 9.17) is 23.2 Å². The van der Waals surface area contributed by atoms with Crippen molar-refractivity contribution in [3.8, 4) is 0 Å². The molecule has 4 rings (SSSR count). The number of carbonyl (C=O) groups is 2. The minimum absolute atomic E-state index is 0.00762. The van der Waals surface area contributed by atoms with Crippen molar-refractivity contribution in [3.05, 3.63) is 81.5 Å². The van der Waals surface area contributed by atoms with Gasteiger partial charge in [0.2, 0.25) is 0 Å². The van der Waals surface area contributed by atoms with Gasteiger partial charge in [-0.1, -0.05) is 23.2 Å². The molecule has 0 unspecified atom stereocenters. The normalized spacial score (nSPS) is 18.8. The number of carbonyl (C=O) groups excluding carboxylic acids is 2. The lowest BCUT2D eigenvalue weighted by Crippen LogP contribution is -2.48. The third-order valence-electron chi connectivity index (χ3n) is 5.71. The average molecular weight is 541 g/mol. The second kappa shape index (κ2) is 9.66. The summed E-state index contributed by atoms with van der Waals surface area (Å²) in [6.07, 6.45) is 1.11. The summed E-state index contributed by atoms with van der Waals surface area (Å²) >= 11 is 11.9. The van der Waals surface area contributed by atoms with Gasteiger partial charge >= 0.3 is 0 Å². The summed E-state index contributed by atoms with van der Waals surface area (Å²) < 4.78 is 43.1. The second-order valence-electron chi connectivity index (χ2n) is 7.96. The van der Waals surface area contributed by atoms with Gasteiger partial charge in [0.1, 0.15) is 11.5 Å². The van der Waals surface area contributed by atoms with Crippen molar-refractivity contribution in [1.82, 2.24) is 9.97 Å². The molecule has 36 heavy (non-hydrogen) atoms. The molecule has 3 N–H and O–H groups in total. The van der Waals surface area contributed by atoms with E-state index in [1.54, 1.807) is 0 Å². The Hall–Kier alpha value is -3.25. The maximum atomic E-state index is 14.8. The average Bonchev–Trinajstić information content (AvgIpc) is 2.93. The predicted octanol–water partition coefficient (Wildman–Crippen LogP) is 4.04. The number of nitrogens with one attached hydrogen (secondary N) is 1. The molecule has 0 spiro atoms. The zero-order valence-electron chi connectivity index (χ0n) is 18.2. The van der Waals surface area contributed by atoms with E-state index in [-0.39, 0.29) is 32.8 Å². The maximum Gasteiger partial charge on any atom is 0.284 e. The fraction of sp³-hybridized carbons (Fsp3) is 0.217. The molecule has 1 atom stereocenters. The van der Waals surface area contributed by atoms with E-state index in [1.807, 2.05) is 0 Å². The molecule has 188 valence electrons. The van der Waals surface area contributed by atoms with Crippen LogP contribution in [-0.2, 0) is 5.60 Å². The van der Waals surface area contributed by atoms with Gasteiger partial charge in [0, 0.05) is 23.6 Å². The lowest BCUT2D eigenvalue weighted by molar-refractivity contribution is -0.205. The quantitative estimate of drug-likeness (QED) is 0.460. The minimum Gasteiger partial charge on any atom is -0.393 e. The molecule has 1 aliphatic rings. The van der Waals surface area contributed by atoms with Crippen LogP contribution >= 0.6 is 23.2 Å². The zero-order valence-corrected chi connectivity index (χ0v) is 19.7. The summed E-state index contributed by atoms with van der Waals surface area (Å²) in [5.41, 5.74) is -3.87. The number of hydrogen-bond donors (Lipinski definition) is 3. The molecule has 8 nitrogen and oxygen atoms in total. The van der Waals surface area contributed by atoms with Crippen LogP contribution in [0.1, 0.15) is 32.8 Å². The largest absolute Gasteiger partial charge is 0.393 e. The maximum absolute atomic E-state index is 14.8. The topological polar surface area (TPSA) is 116 Å². The predicted molar refractivity (Wildman–Crippen MR) is 125 cm³/mol. The Kier molecular flexibility index (Phi) is 6.93. The van der Waals surface area contributed by atoms with Crippen molar-refractivity contribution in [1.29, 1.82) is 0 Å². The van der Waals surface area contributed by atoms with Crippen LogP contribution in [0.15, 0.2) is 48.8 Å². The van der Waals surface area contributed by atoms with Crippen LogP contribution in [0.3, 0.4) is 0 Å². The monoisotopic (exact) mass is 540 g/mol. The molecule has 2 heterocycles. The highest BCUT2D eigenvalue weighted by Crippen LogP contribution is 2.47. The van der Waals surface area contributed by atoms with Crippen molar-refractivity contribution < 1.29 is 33.0 Å². The minimum atomic E-state index is -3.78. The van der Waals surface area contributed by atoms with Crippen molar-refractivity contribution in [2.75, 3.05) is 23.4 Å². The molecule has 0 saturated heterocycles. The first-order valence-corrected chi connectivity index (χ1v) is 11.1. The highest BCUT2D eigenvalue weighted by molar-refractivity contribution is 6.34. The van der Waals surface area contributed by atoms with Crippen LogP contribution in [0.5, 0.6) is 0 Å². The molecule has 0 radical (unpaired) electrons. The van der Waals surface area contributed by atoms with Crippen molar-refractivity contribution in [3.63, 3.8) is 0 Å². The Morgan fingerprint density at radius 3 is 2.53 bits per heavy atom. The summed E-state index contributed by atoms with van der Waals surface area (Å²) in [5.74, 6) is -6.13. The number of halogens is 5. The zero-order chi connectivity index (χ0) is 26.3. The smallest absolute Gasteiger partial charge is 0.284 e. The molecule has 1 aromatic heterocycles. The van der Waals surface area contributed by atoms with Crippen molar-refractivity contribution >= 4 is 46.5 Å². The van der Waals surface area contributed by atoms with Crippen LogP contribution in [-0.4, -0.2) is 51.1 Å². The fourth-order valence-electron chi connectivity index (χ4n) is 3.76. The number of aliphatic hydroxyl groups is 2. The molecule has 13 heteroatoms. The number of amides is 2. The van der Waals surface area contributed by atoms with E-state index < -0.39 is 54.3 Å². The lowest BCUT2D eigenvalue weighted by Gasteiger charge is -2.33. The summed E-state index contributed by atoms with van der Waals surface area (Å²) in [4.78, 5) is 34.4. The van der Waals surface area contributed by atoms with Gasteiger partial charge in [-0.3, -0.25) is 9.59 Å². The van der Waals surface area contributed by atoms with Gasteiger partial charge in [-0.2, -0.15) is 0 Å². The molecule has 0 aliphatic carbocycles. The Labute approximate surface area is 212 Å². The Balaban J connectivity index is 1.62. The number of rotatable bonds is 4. The molecule has 0 saturated carbocycles. The fourth-order valence-corrected chi connectivity index (χ4v) is 4.14. The molecule has 0 fully saturated rings. The number of aromatic nitrogens is 2. The molecular weight excluding hydrogens is 524 g/mol. The molecule has 3 aromatic rings. The van der Waals surface area contributed by atoms with E-state index in [1.165, 1.54) is 18.2 Å². The number of benzene rings is 2. The van der Waals surface area contributed by atoms with Gasteiger partial charge in [-0.05, 0) is 36.4 Å². The van der Waals surface area contributed by atoms with Crippen LogP contribution in [0.2, 0.25) is 10.0 Å². The van der Waals surface area contributed by atoms with E-state index in [9.17, 15) is 33.0 Å². The van der Waals surface area contributed by atoms with Gasteiger partial charge in [-0.15, -0.1) is 0 Å². The third kappa shape index (κ3) is 4.62. The van der Waals surface area contributed by atoms with E-state index >= 15 is 0 Å². The number of aliphatic hydroxyl groups excluding tert-OH is 1. The standard InChI is InChI=1S/C23H17Cl2F3N4O4/c24-12-1-4-18-15(7-12)22(36,11-33)23(27,28)5-6-32(18)21(35)17-9-30-19(10-29-17)31-20(34)14-8-13(26)2-3-16(14)25/h1-4,7-10,33,36H,5-6,11H2,(H,30,31,34)/t22-/m0/s1. The highest BCUT2D eigenvalue weighted by atomic mass is 35.5. The number of hydrogen-bond acceptors (Lipinski definition) is 6. The highest BCUT2D eigenvalue weighted by Gasteiger charge is 2.56. The van der Waals surface area contributed by atoms with Crippen LogP contribution in [0, 0.1) is 5.82 Å².